The number of rotatable bonds is 6. The fourth-order valence-electron chi connectivity index (χ4n) is 1.46. The first kappa shape index (κ1) is 13.7. The maximum atomic E-state index is 11.7. The van der Waals surface area contributed by atoms with Gasteiger partial charge in [0.25, 0.3) is 0 Å². The summed E-state index contributed by atoms with van der Waals surface area (Å²) >= 11 is 1.57. The number of nitrogens with zero attached hydrogens (tertiary/aromatic N) is 2. The number of aryl methyl sites for hydroxylation is 1. The minimum Gasteiger partial charge on any atom is -0.340 e. The van der Waals surface area contributed by atoms with Gasteiger partial charge in [-0.3, -0.25) is 4.79 Å². The van der Waals surface area contributed by atoms with E-state index < -0.39 is 0 Å². The van der Waals surface area contributed by atoms with Crippen LogP contribution in [0.4, 0.5) is 0 Å². The Kier molecular flexibility index (Phi) is 5.64. The Hall–Kier alpha value is -1.41. The van der Waals surface area contributed by atoms with Gasteiger partial charge in [-0.05, 0) is 12.8 Å². The van der Waals surface area contributed by atoms with E-state index in [0.29, 0.717) is 6.42 Å². The van der Waals surface area contributed by atoms with Crippen LogP contribution >= 0.6 is 11.3 Å². The maximum Gasteiger partial charge on any atom is 0.227 e. The second-order valence-corrected chi connectivity index (χ2v) is 4.74. The molecule has 1 rings (SSSR count). The maximum absolute atomic E-state index is 11.7. The number of amides is 1. The van der Waals surface area contributed by atoms with Gasteiger partial charge in [0.05, 0.1) is 23.2 Å². The number of thiazole rings is 1. The Morgan fingerprint density at radius 1 is 1.65 bits per heavy atom. The quantitative estimate of drug-likeness (QED) is 0.841. The van der Waals surface area contributed by atoms with Crippen LogP contribution in [0.3, 0.4) is 0 Å². The highest BCUT2D eigenvalue weighted by Crippen LogP contribution is 2.10. The minimum atomic E-state index is -0.378. The molecule has 17 heavy (non-hydrogen) atoms. The molecule has 0 aliphatic heterocycles. The molecule has 1 aromatic heterocycles. The normalized spacial score (nSPS) is 11.8. The number of nitrogens with one attached hydrogen (secondary N) is 1. The van der Waals surface area contributed by atoms with E-state index in [4.69, 9.17) is 5.26 Å². The summed E-state index contributed by atoms with van der Waals surface area (Å²) in [6, 6.07) is 1.71. The zero-order valence-corrected chi connectivity index (χ0v) is 11.0. The highest BCUT2D eigenvalue weighted by atomic mass is 32.1. The summed E-state index contributed by atoms with van der Waals surface area (Å²) in [6.45, 7) is 4.03. The Morgan fingerprint density at radius 2 is 2.41 bits per heavy atom. The van der Waals surface area contributed by atoms with Crippen LogP contribution < -0.4 is 5.32 Å². The fraction of sp³-hybridized carbons (Fsp3) is 0.583. The van der Waals surface area contributed by atoms with E-state index in [2.05, 4.69) is 16.4 Å². The lowest BCUT2D eigenvalue weighted by Crippen LogP contribution is -2.34. The summed E-state index contributed by atoms with van der Waals surface area (Å²) in [6.07, 6.45) is 2.73. The van der Waals surface area contributed by atoms with Crippen LogP contribution in [0.1, 0.15) is 37.4 Å². The molecule has 0 radical (unpaired) electrons. The first-order valence-electron chi connectivity index (χ1n) is 5.81. The molecule has 1 N–H and O–H groups in total. The van der Waals surface area contributed by atoms with E-state index in [-0.39, 0.29) is 18.4 Å². The monoisotopic (exact) mass is 251 g/mol. The summed E-state index contributed by atoms with van der Waals surface area (Å²) in [5.74, 6) is -0.127. The van der Waals surface area contributed by atoms with Gasteiger partial charge in [-0.15, -0.1) is 11.3 Å². The first-order chi connectivity index (χ1) is 8.19. The SMILES string of the molecule is CCC[C@@H](C#N)NC(=O)Cc1csc(CC)n1. The molecule has 1 aromatic rings. The lowest BCUT2D eigenvalue weighted by Gasteiger charge is -2.09. The minimum absolute atomic E-state index is 0.127. The van der Waals surface area contributed by atoms with Crippen molar-refractivity contribution in [3.63, 3.8) is 0 Å². The molecule has 0 aromatic carbocycles. The molecule has 92 valence electrons. The third-order valence-corrected chi connectivity index (χ3v) is 3.35. The molecule has 0 spiro atoms. The number of hydrogen-bond donors (Lipinski definition) is 1. The van der Waals surface area contributed by atoms with Crippen molar-refractivity contribution in [1.29, 1.82) is 5.26 Å². The smallest absolute Gasteiger partial charge is 0.227 e. The van der Waals surface area contributed by atoms with Gasteiger partial charge in [0, 0.05) is 5.38 Å². The van der Waals surface area contributed by atoms with Crippen LogP contribution in [0.2, 0.25) is 0 Å². The van der Waals surface area contributed by atoms with Gasteiger partial charge in [0.15, 0.2) is 0 Å². The molecule has 0 aliphatic rings. The van der Waals surface area contributed by atoms with Crippen molar-refractivity contribution in [3.05, 3.63) is 16.1 Å². The molecule has 0 saturated heterocycles. The summed E-state index contributed by atoms with van der Waals surface area (Å²) in [4.78, 5) is 16.0. The van der Waals surface area contributed by atoms with Crippen LogP contribution in [0.15, 0.2) is 5.38 Å². The van der Waals surface area contributed by atoms with E-state index in [9.17, 15) is 4.79 Å². The van der Waals surface area contributed by atoms with Crippen molar-refractivity contribution < 1.29 is 4.79 Å². The van der Waals surface area contributed by atoms with Crippen LogP contribution in [-0.4, -0.2) is 16.9 Å². The summed E-state index contributed by atoms with van der Waals surface area (Å²) in [5, 5.41) is 14.5. The zero-order valence-electron chi connectivity index (χ0n) is 10.2. The summed E-state index contributed by atoms with van der Waals surface area (Å²) < 4.78 is 0. The number of carbonyl (C=O) groups excluding carboxylic acids is 1. The van der Waals surface area contributed by atoms with Crippen molar-refractivity contribution in [3.8, 4) is 6.07 Å². The van der Waals surface area contributed by atoms with E-state index in [1.807, 2.05) is 19.2 Å². The molecular formula is C12H17N3OS. The third-order valence-electron chi connectivity index (χ3n) is 2.31. The second-order valence-electron chi connectivity index (χ2n) is 3.80. The van der Waals surface area contributed by atoms with Crippen LogP contribution in [0.25, 0.3) is 0 Å². The van der Waals surface area contributed by atoms with Gasteiger partial charge >= 0.3 is 0 Å². The zero-order chi connectivity index (χ0) is 12.7. The van der Waals surface area contributed by atoms with E-state index in [0.717, 1.165) is 23.5 Å². The average Bonchev–Trinajstić information content (AvgIpc) is 2.76. The molecule has 0 bridgehead atoms. The summed E-state index contributed by atoms with van der Waals surface area (Å²) in [7, 11) is 0. The third kappa shape index (κ3) is 4.53. The van der Waals surface area contributed by atoms with Gasteiger partial charge in [0.1, 0.15) is 6.04 Å². The molecule has 0 saturated carbocycles. The Morgan fingerprint density at radius 3 is 2.94 bits per heavy atom. The average molecular weight is 251 g/mol. The molecule has 1 heterocycles. The topological polar surface area (TPSA) is 65.8 Å². The van der Waals surface area contributed by atoms with Crippen molar-refractivity contribution in [2.24, 2.45) is 0 Å². The molecule has 0 aliphatic carbocycles. The summed E-state index contributed by atoms with van der Waals surface area (Å²) in [5.41, 5.74) is 0.789. The van der Waals surface area contributed by atoms with Gasteiger partial charge in [-0.25, -0.2) is 4.98 Å². The van der Waals surface area contributed by atoms with Crippen molar-refractivity contribution >= 4 is 17.2 Å². The van der Waals surface area contributed by atoms with Gasteiger partial charge in [0.2, 0.25) is 5.91 Å². The number of hydrogen-bond acceptors (Lipinski definition) is 4. The fourth-order valence-corrected chi connectivity index (χ4v) is 2.20. The van der Waals surface area contributed by atoms with E-state index >= 15 is 0 Å². The Balaban J connectivity index is 2.46. The van der Waals surface area contributed by atoms with Crippen molar-refractivity contribution in [2.75, 3.05) is 0 Å². The van der Waals surface area contributed by atoms with Crippen LogP contribution in [0.5, 0.6) is 0 Å². The van der Waals surface area contributed by atoms with Gasteiger partial charge in [-0.1, -0.05) is 20.3 Å². The van der Waals surface area contributed by atoms with E-state index in [1.165, 1.54) is 0 Å². The van der Waals surface area contributed by atoms with Crippen LogP contribution in [-0.2, 0) is 17.6 Å². The highest BCUT2D eigenvalue weighted by Gasteiger charge is 2.12. The van der Waals surface area contributed by atoms with Gasteiger partial charge in [-0.2, -0.15) is 5.26 Å². The lowest BCUT2D eigenvalue weighted by atomic mass is 10.2. The lowest BCUT2D eigenvalue weighted by molar-refractivity contribution is -0.120. The van der Waals surface area contributed by atoms with Gasteiger partial charge < -0.3 is 5.32 Å². The van der Waals surface area contributed by atoms with Crippen molar-refractivity contribution in [1.82, 2.24) is 10.3 Å². The highest BCUT2D eigenvalue weighted by molar-refractivity contribution is 7.09. The van der Waals surface area contributed by atoms with Crippen molar-refractivity contribution in [2.45, 2.75) is 45.6 Å². The predicted octanol–water partition coefficient (Wildman–Crippen LogP) is 2.06. The second kappa shape index (κ2) is 7.02. The predicted molar refractivity (Wildman–Crippen MR) is 67.6 cm³/mol. The number of aromatic nitrogens is 1. The van der Waals surface area contributed by atoms with E-state index in [1.54, 1.807) is 11.3 Å². The molecule has 4 nitrogen and oxygen atoms in total. The molecular weight excluding hydrogens is 234 g/mol. The molecule has 1 atom stereocenters. The number of carbonyl (C=O) groups is 1. The number of nitriles is 1. The Labute approximate surface area is 106 Å². The first-order valence-corrected chi connectivity index (χ1v) is 6.69. The standard InChI is InChI=1S/C12H17N3OS/c1-3-5-9(7-13)14-11(16)6-10-8-17-12(4-2)15-10/h8-9H,3-6H2,1-2H3,(H,14,16)/t9-/m0/s1. The molecule has 5 heteroatoms. The molecule has 0 unspecified atom stereocenters. The Bertz CT molecular complexity index is 408. The molecule has 0 fully saturated rings. The van der Waals surface area contributed by atoms with Crippen LogP contribution in [0, 0.1) is 11.3 Å². The molecule has 1 amide bonds. The largest absolute Gasteiger partial charge is 0.340 e.